The summed E-state index contributed by atoms with van der Waals surface area (Å²) in [5, 5.41) is 10.9. The molecule has 0 aliphatic heterocycles. The molecule has 1 aromatic carbocycles. The Kier molecular flexibility index (Phi) is 4.15. The first kappa shape index (κ1) is 13.8. The molecule has 2 rings (SSSR count). The Hall–Kier alpha value is -2.62. The summed E-state index contributed by atoms with van der Waals surface area (Å²) in [4.78, 5) is 13.9. The van der Waals surface area contributed by atoms with Gasteiger partial charge in [0.25, 0.3) is 0 Å². The van der Waals surface area contributed by atoms with Crippen LogP contribution in [-0.2, 0) is 0 Å². The summed E-state index contributed by atoms with van der Waals surface area (Å²) in [6.07, 6.45) is 5.90. The average molecular weight is 268 g/mol. The van der Waals surface area contributed by atoms with E-state index in [2.05, 4.69) is 0 Å². The molecule has 2 aromatic rings. The number of aromatic nitrogens is 1. The number of hydrogen-bond donors (Lipinski definition) is 0. The van der Waals surface area contributed by atoms with Crippen LogP contribution in [0.3, 0.4) is 0 Å². The molecule has 0 N–H and O–H groups in total. The van der Waals surface area contributed by atoms with Crippen LogP contribution in [0.4, 0.5) is 5.69 Å². The van der Waals surface area contributed by atoms with E-state index in [1.165, 1.54) is 30.6 Å². The number of allylic oxidation sites excluding steroid dienone is 1. The van der Waals surface area contributed by atoms with Crippen molar-refractivity contribution < 1.29 is 9.52 Å². The van der Waals surface area contributed by atoms with Gasteiger partial charge in [-0.3, -0.25) is 4.79 Å². The minimum atomic E-state index is -0.123. The van der Waals surface area contributed by atoms with Gasteiger partial charge in [-0.15, -0.1) is 0 Å². The second-order valence-corrected chi connectivity index (χ2v) is 4.63. The molecule has 0 spiro atoms. The summed E-state index contributed by atoms with van der Waals surface area (Å²) in [6, 6.07) is 10.9. The Bertz CT molecular complexity index is 614. The lowest BCUT2D eigenvalue weighted by Crippen LogP contribution is -2.24. The highest BCUT2D eigenvalue weighted by molar-refractivity contribution is 6.06. The first-order chi connectivity index (χ1) is 9.56. The smallest absolute Gasteiger partial charge is 0.186 e. The molecule has 0 saturated carbocycles. The lowest BCUT2D eigenvalue weighted by Gasteiger charge is -2.11. The largest absolute Gasteiger partial charge is 0.619 e. The molecule has 4 nitrogen and oxygen atoms in total. The molecule has 0 radical (unpaired) electrons. The quantitative estimate of drug-likeness (QED) is 0.370. The number of anilines is 1. The van der Waals surface area contributed by atoms with Crippen molar-refractivity contribution in [2.75, 3.05) is 19.0 Å². The fourth-order valence-corrected chi connectivity index (χ4v) is 1.73. The number of rotatable bonds is 4. The fraction of sp³-hybridized carbons (Fsp3) is 0.125. The van der Waals surface area contributed by atoms with Gasteiger partial charge in [-0.1, -0.05) is 18.2 Å². The lowest BCUT2D eigenvalue weighted by atomic mass is 10.1. The predicted octanol–water partition coefficient (Wildman–Crippen LogP) is 2.28. The van der Waals surface area contributed by atoms with Crippen LogP contribution >= 0.6 is 0 Å². The molecule has 0 atom stereocenters. The highest BCUT2D eigenvalue weighted by Crippen LogP contribution is 2.13. The van der Waals surface area contributed by atoms with Crippen molar-refractivity contribution in [2.24, 2.45) is 0 Å². The molecule has 1 heterocycles. The monoisotopic (exact) mass is 268 g/mol. The second kappa shape index (κ2) is 6.02. The number of carbonyl (C=O) groups excluding carboxylic acids is 1. The van der Waals surface area contributed by atoms with Gasteiger partial charge in [0.2, 0.25) is 0 Å². The summed E-state index contributed by atoms with van der Waals surface area (Å²) in [5.74, 6) is -0.123. The first-order valence-electron chi connectivity index (χ1n) is 6.25. The van der Waals surface area contributed by atoms with Crippen LogP contribution < -0.4 is 9.63 Å². The van der Waals surface area contributed by atoms with E-state index in [9.17, 15) is 10.0 Å². The maximum atomic E-state index is 11.9. The van der Waals surface area contributed by atoms with Crippen LogP contribution in [0.1, 0.15) is 15.9 Å². The first-order valence-corrected chi connectivity index (χ1v) is 6.25. The third-order valence-electron chi connectivity index (χ3n) is 2.92. The zero-order valence-corrected chi connectivity index (χ0v) is 11.5. The molecule has 102 valence electrons. The zero-order valence-electron chi connectivity index (χ0n) is 11.5. The van der Waals surface area contributed by atoms with E-state index >= 15 is 0 Å². The molecule has 0 fully saturated rings. The van der Waals surface area contributed by atoms with Gasteiger partial charge in [-0.05, 0) is 23.8 Å². The van der Waals surface area contributed by atoms with Crippen LogP contribution in [-0.4, -0.2) is 19.9 Å². The third kappa shape index (κ3) is 3.45. The van der Waals surface area contributed by atoms with Crippen LogP contribution in [0.2, 0.25) is 0 Å². The summed E-state index contributed by atoms with van der Waals surface area (Å²) < 4.78 is 0.653. The SMILES string of the molecule is CN(C)c1ccc(/C=C/C(=O)c2cc[n+]([O-])cc2)cc1. The number of hydrogen-bond acceptors (Lipinski definition) is 3. The maximum absolute atomic E-state index is 11.9. The van der Waals surface area contributed by atoms with E-state index < -0.39 is 0 Å². The van der Waals surface area contributed by atoms with Crippen LogP contribution in [0.15, 0.2) is 54.9 Å². The van der Waals surface area contributed by atoms with Crippen molar-refractivity contribution in [3.8, 4) is 0 Å². The molecular weight excluding hydrogens is 252 g/mol. The molecule has 0 aliphatic rings. The van der Waals surface area contributed by atoms with Crippen molar-refractivity contribution in [1.29, 1.82) is 0 Å². The molecule has 4 heteroatoms. The van der Waals surface area contributed by atoms with Gasteiger partial charge in [0.05, 0.1) is 0 Å². The second-order valence-electron chi connectivity index (χ2n) is 4.63. The summed E-state index contributed by atoms with van der Waals surface area (Å²) in [5.41, 5.74) is 2.56. The Morgan fingerprint density at radius 2 is 1.70 bits per heavy atom. The number of pyridine rings is 1. The van der Waals surface area contributed by atoms with Crippen LogP contribution in [0, 0.1) is 5.21 Å². The van der Waals surface area contributed by atoms with Crippen molar-refractivity contribution >= 4 is 17.5 Å². The normalized spacial score (nSPS) is 10.7. The van der Waals surface area contributed by atoms with Crippen molar-refractivity contribution in [2.45, 2.75) is 0 Å². The van der Waals surface area contributed by atoms with E-state index in [1.54, 1.807) is 6.08 Å². The molecule has 1 aromatic heterocycles. The highest BCUT2D eigenvalue weighted by atomic mass is 16.5. The van der Waals surface area contributed by atoms with Gasteiger partial charge in [-0.25, -0.2) is 0 Å². The Labute approximate surface area is 118 Å². The topological polar surface area (TPSA) is 47.2 Å². The highest BCUT2D eigenvalue weighted by Gasteiger charge is 2.02. The van der Waals surface area contributed by atoms with Gasteiger partial charge in [0.15, 0.2) is 18.2 Å². The molecule has 0 aliphatic carbocycles. The van der Waals surface area contributed by atoms with E-state index in [0.717, 1.165) is 11.3 Å². The van der Waals surface area contributed by atoms with E-state index in [1.807, 2.05) is 43.3 Å². The molecule has 0 bridgehead atoms. The van der Waals surface area contributed by atoms with Gasteiger partial charge >= 0.3 is 0 Å². The minimum absolute atomic E-state index is 0.123. The Morgan fingerprint density at radius 1 is 1.10 bits per heavy atom. The summed E-state index contributed by atoms with van der Waals surface area (Å²) >= 11 is 0. The average Bonchev–Trinajstić information content (AvgIpc) is 2.46. The molecule has 0 unspecified atom stereocenters. The van der Waals surface area contributed by atoms with Crippen LogP contribution in [0.5, 0.6) is 0 Å². The van der Waals surface area contributed by atoms with E-state index in [4.69, 9.17) is 0 Å². The van der Waals surface area contributed by atoms with Gasteiger partial charge < -0.3 is 10.1 Å². The van der Waals surface area contributed by atoms with Gasteiger partial charge in [-0.2, -0.15) is 4.73 Å². The van der Waals surface area contributed by atoms with Gasteiger partial charge in [0.1, 0.15) is 0 Å². The fourth-order valence-electron chi connectivity index (χ4n) is 1.73. The number of benzene rings is 1. The molecular formula is C16H16N2O2. The molecule has 0 amide bonds. The van der Waals surface area contributed by atoms with Crippen molar-refractivity contribution in [3.63, 3.8) is 0 Å². The Morgan fingerprint density at radius 3 is 2.25 bits per heavy atom. The van der Waals surface area contributed by atoms with Crippen molar-refractivity contribution in [3.05, 3.63) is 71.2 Å². The standard InChI is InChI=1S/C16H16N2O2/c1-17(2)15-6-3-13(4-7-15)5-8-16(19)14-9-11-18(20)12-10-14/h3-12H,1-2H3/b8-5+. The lowest BCUT2D eigenvalue weighted by molar-refractivity contribution is -0.605. The van der Waals surface area contributed by atoms with Crippen LogP contribution in [0.25, 0.3) is 6.08 Å². The van der Waals surface area contributed by atoms with E-state index in [-0.39, 0.29) is 5.78 Å². The summed E-state index contributed by atoms with van der Waals surface area (Å²) in [6.45, 7) is 0. The predicted molar refractivity (Wildman–Crippen MR) is 79.5 cm³/mol. The number of nitrogens with zero attached hydrogens (tertiary/aromatic N) is 2. The summed E-state index contributed by atoms with van der Waals surface area (Å²) in [7, 11) is 3.96. The third-order valence-corrected chi connectivity index (χ3v) is 2.92. The molecule has 20 heavy (non-hydrogen) atoms. The number of carbonyl (C=O) groups is 1. The number of ketones is 1. The zero-order chi connectivity index (χ0) is 14.5. The minimum Gasteiger partial charge on any atom is -0.619 e. The van der Waals surface area contributed by atoms with E-state index in [0.29, 0.717) is 10.3 Å². The van der Waals surface area contributed by atoms with Gasteiger partial charge in [0, 0.05) is 37.5 Å². The maximum Gasteiger partial charge on any atom is 0.186 e. The molecule has 0 saturated heterocycles. The van der Waals surface area contributed by atoms with Crippen molar-refractivity contribution in [1.82, 2.24) is 0 Å². The Balaban J connectivity index is 2.08.